The Kier molecular flexibility index (Phi) is 5.28. The number of rotatable bonds is 6. The van der Waals surface area contributed by atoms with Gasteiger partial charge in [0.2, 0.25) is 0 Å². The highest BCUT2D eigenvalue weighted by molar-refractivity contribution is 7.17. The van der Waals surface area contributed by atoms with Crippen molar-refractivity contribution in [3.63, 3.8) is 0 Å². The second kappa shape index (κ2) is 8.02. The fourth-order valence-electron chi connectivity index (χ4n) is 3.20. The van der Waals surface area contributed by atoms with Gasteiger partial charge in [-0.1, -0.05) is 36.4 Å². The number of aryl methyl sites for hydroxylation is 1. The molecule has 0 radical (unpaired) electrons. The predicted octanol–water partition coefficient (Wildman–Crippen LogP) is 6.51. The van der Waals surface area contributed by atoms with Crippen LogP contribution in [0.1, 0.15) is 44.9 Å². The molecule has 5 heteroatoms. The van der Waals surface area contributed by atoms with Gasteiger partial charge in [-0.15, -0.1) is 11.3 Å². The summed E-state index contributed by atoms with van der Waals surface area (Å²) >= 11 is 1.35. The zero-order valence-corrected chi connectivity index (χ0v) is 16.9. The lowest BCUT2D eigenvalue weighted by molar-refractivity contribution is 0.0974. The third kappa shape index (κ3) is 4.28. The van der Waals surface area contributed by atoms with Gasteiger partial charge in [0.1, 0.15) is 0 Å². The minimum Gasteiger partial charge on any atom is -0.321 e. The minimum absolute atomic E-state index is 0.136. The molecule has 0 aliphatic heterocycles. The quantitative estimate of drug-likeness (QED) is 0.379. The van der Waals surface area contributed by atoms with Crippen LogP contribution in [0.25, 0.3) is 15.3 Å². The van der Waals surface area contributed by atoms with Crippen molar-refractivity contribution in [2.75, 3.05) is 5.32 Å². The summed E-state index contributed by atoms with van der Waals surface area (Å²) in [6.45, 7) is 9.23. The van der Waals surface area contributed by atoms with E-state index < -0.39 is 0 Å². The molecule has 29 heavy (non-hydrogen) atoms. The number of hydrogen-bond acceptors (Lipinski definition) is 3. The molecule has 1 saturated carbocycles. The summed E-state index contributed by atoms with van der Waals surface area (Å²) in [7, 11) is 0. The first-order valence-electron chi connectivity index (χ1n) is 9.57. The summed E-state index contributed by atoms with van der Waals surface area (Å²) in [5.41, 5.74) is 3.62. The van der Waals surface area contributed by atoms with Crippen molar-refractivity contribution in [2.24, 2.45) is 5.92 Å². The van der Waals surface area contributed by atoms with Gasteiger partial charge in [-0.3, -0.25) is 9.59 Å². The molecule has 1 fully saturated rings. The number of nitrogens with zero attached hydrogens (tertiary/aromatic N) is 1. The molecule has 3 aromatic rings. The van der Waals surface area contributed by atoms with Crippen LogP contribution in [-0.4, -0.2) is 11.7 Å². The average Bonchev–Trinajstić information content (AvgIpc) is 3.40. The molecule has 0 spiro atoms. The highest BCUT2D eigenvalue weighted by Gasteiger charge is 2.25. The van der Waals surface area contributed by atoms with Crippen molar-refractivity contribution in [1.82, 2.24) is 0 Å². The number of nitrogens with one attached hydrogen (secondary N) is 1. The summed E-state index contributed by atoms with van der Waals surface area (Å²) in [6, 6.07) is 16.5. The number of thiophene rings is 1. The first-order valence-corrected chi connectivity index (χ1v) is 10.4. The summed E-state index contributed by atoms with van der Waals surface area (Å²) in [5.74, 6) is 0.457. The molecule has 0 atom stereocenters. The van der Waals surface area contributed by atoms with Gasteiger partial charge in [-0.2, -0.15) is 0 Å². The molecule has 0 saturated heterocycles. The maximum Gasteiger partial charge on any atom is 0.265 e. The van der Waals surface area contributed by atoms with Crippen molar-refractivity contribution in [3.8, 4) is 10.4 Å². The van der Waals surface area contributed by atoms with Crippen molar-refractivity contribution in [3.05, 3.63) is 82.0 Å². The second-order valence-corrected chi connectivity index (χ2v) is 8.43. The van der Waals surface area contributed by atoms with Crippen LogP contribution >= 0.6 is 11.3 Å². The van der Waals surface area contributed by atoms with E-state index in [0.717, 1.165) is 28.8 Å². The van der Waals surface area contributed by atoms with Crippen molar-refractivity contribution in [2.45, 2.75) is 26.2 Å². The molecule has 1 N–H and O–H groups in total. The molecule has 2 aromatic carbocycles. The average molecular weight is 401 g/mol. The maximum atomic E-state index is 12.8. The van der Waals surface area contributed by atoms with E-state index in [1.54, 1.807) is 18.2 Å². The predicted molar refractivity (Wildman–Crippen MR) is 117 cm³/mol. The van der Waals surface area contributed by atoms with Gasteiger partial charge >= 0.3 is 0 Å². The highest BCUT2D eigenvalue weighted by atomic mass is 32.1. The van der Waals surface area contributed by atoms with Gasteiger partial charge < -0.3 is 5.32 Å². The van der Waals surface area contributed by atoms with E-state index in [9.17, 15) is 9.59 Å². The number of para-hydroxylation sites is 1. The topological polar surface area (TPSA) is 50.5 Å². The number of ketones is 1. The van der Waals surface area contributed by atoms with Crippen LogP contribution < -0.4 is 5.32 Å². The molecular formula is C24H20N2O2S. The van der Waals surface area contributed by atoms with E-state index in [2.05, 4.69) is 10.2 Å². The van der Waals surface area contributed by atoms with Crippen molar-refractivity contribution >= 4 is 34.4 Å². The number of benzene rings is 2. The zero-order chi connectivity index (χ0) is 20.4. The smallest absolute Gasteiger partial charge is 0.265 e. The van der Waals surface area contributed by atoms with Crippen molar-refractivity contribution in [1.29, 1.82) is 0 Å². The number of carbonyl (C=O) groups excluding carboxylic acids is 2. The second-order valence-electron chi connectivity index (χ2n) is 7.35. The van der Waals surface area contributed by atoms with Crippen LogP contribution in [0.15, 0.2) is 54.6 Å². The number of carbonyl (C=O) groups is 2. The molecule has 0 bridgehead atoms. The van der Waals surface area contributed by atoms with E-state index in [1.807, 2.05) is 43.3 Å². The molecule has 1 aliphatic carbocycles. The molecule has 1 aliphatic rings. The fraction of sp³-hybridized carbons (Fsp3) is 0.208. The van der Waals surface area contributed by atoms with E-state index in [-0.39, 0.29) is 11.7 Å². The molecule has 0 unspecified atom stereocenters. The summed E-state index contributed by atoms with van der Waals surface area (Å²) in [4.78, 5) is 30.2. The number of Topliss-reactive ketones (excluding diaryl/α,β-unsaturated/α-hetero) is 1. The third-order valence-corrected chi connectivity index (χ3v) is 6.22. The van der Waals surface area contributed by atoms with E-state index >= 15 is 0 Å². The first kappa shape index (κ1) is 19.1. The molecule has 144 valence electrons. The van der Waals surface area contributed by atoms with E-state index in [1.165, 1.54) is 11.3 Å². The summed E-state index contributed by atoms with van der Waals surface area (Å²) in [6.07, 6.45) is 2.86. The Bertz CT molecular complexity index is 1140. The molecule has 1 aromatic heterocycles. The third-order valence-electron chi connectivity index (χ3n) is 5.10. The van der Waals surface area contributed by atoms with Gasteiger partial charge in [-0.05, 0) is 55.0 Å². The lowest BCUT2D eigenvalue weighted by Crippen LogP contribution is -2.12. The Labute approximate surface area is 174 Å². The lowest BCUT2D eigenvalue weighted by atomic mass is 10.0. The SMILES string of the molecule is [C-]#[N+]c1ccccc1-c1ccc(C(=O)Nc2cc(C(=O)CC3CC3)ccc2C)s1. The Balaban J connectivity index is 1.53. The van der Waals surface area contributed by atoms with Crippen LogP contribution in [-0.2, 0) is 0 Å². The largest absolute Gasteiger partial charge is 0.321 e. The molecule has 1 heterocycles. The monoisotopic (exact) mass is 400 g/mol. The Morgan fingerprint density at radius 2 is 1.93 bits per heavy atom. The minimum atomic E-state index is -0.212. The van der Waals surface area contributed by atoms with Crippen LogP contribution in [0.2, 0.25) is 0 Å². The van der Waals surface area contributed by atoms with Crippen molar-refractivity contribution < 1.29 is 9.59 Å². The van der Waals surface area contributed by atoms with E-state index in [4.69, 9.17) is 6.57 Å². The summed E-state index contributed by atoms with van der Waals surface area (Å²) in [5, 5.41) is 2.94. The van der Waals surface area contributed by atoms with E-state index in [0.29, 0.717) is 34.2 Å². The normalized spacial score (nSPS) is 13.0. The fourth-order valence-corrected chi connectivity index (χ4v) is 4.14. The van der Waals surface area contributed by atoms with Crippen LogP contribution in [0.5, 0.6) is 0 Å². The number of amides is 1. The van der Waals surface area contributed by atoms with Gasteiger partial charge in [0.05, 0.1) is 11.4 Å². The Hall–Kier alpha value is -3.23. The highest BCUT2D eigenvalue weighted by Crippen LogP contribution is 2.36. The van der Waals surface area contributed by atoms with Gasteiger partial charge in [0.15, 0.2) is 11.5 Å². The lowest BCUT2D eigenvalue weighted by Gasteiger charge is -2.10. The maximum absolute atomic E-state index is 12.8. The van der Waals surface area contributed by atoms with Crippen LogP contribution in [0.4, 0.5) is 11.4 Å². The van der Waals surface area contributed by atoms with Gasteiger partial charge in [-0.25, -0.2) is 4.85 Å². The number of hydrogen-bond donors (Lipinski definition) is 1. The van der Waals surface area contributed by atoms with Crippen LogP contribution in [0, 0.1) is 19.4 Å². The molecule has 1 amide bonds. The van der Waals surface area contributed by atoms with Gasteiger partial charge in [0.25, 0.3) is 5.91 Å². The summed E-state index contributed by atoms with van der Waals surface area (Å²) < 4.78 is 0. The Morgan fingerprint density at radius 3 is 2.69 bits per heavy atom. The molecule has 4 nitrogen and oxygen atoms in total. The zero-order valence-electron chi connectivity index (χ0n) is 16.1. The number of anilines is 1. The standard InChI is InChI=1S/C24H20N2O2S/c1-15-7-10-17(21(27)13-16-8-9-16)14-20(15)26-24(28)23-12-11-22(29-23)18-5-3-4-6-19(18)25-2/h3-7,10-12,14,16H,8-9,13H2,1H3,(H,26,28). The van der Waals surface area contributed by atoms with Gasteiger partial charge in [0, 0.05) is 22.5 Å². The first-order chi connectivity index (χ1) is 14.0. The molecule has 4 rings (SSSR count). The van der Waals surface area contributed by atoms with Crippen LogP contribution in [0.3, 0.4) is 0 Å². The Morgan fingerprint density at radius 1 is 1.14 bits per heavy atom. The molecular weight excluding hydrogens is 380 g/mol.